The number of nitrogens with zero attached hydrogens (tertiary/aromatic N) is 2. The van der Waals surface area contributed by atoms with Gasteiger partial charge >= 0.3 is 0 Å². The highest BCUT2D eigenvalue weighted by molar-refractivity contribution is 7.08. The Balaban J connectivity index is 1.54. The molecule has 0 bridgehead atoms. The van der Waals surface area contributed by atoms with E-state index in [1.807, 2.05) is 47.2 Å². The molecule has 0 aliphatic heterocycles. The van der Waals surface area contributed by atoms with E-state index >= 15 is 0 Å². The van der Waals surface area contributed by atoms with E-state index in [0.717, 1.165) is 11.3 Å². The van der Waals surface area contributed by atoms with Crippen LogP contribution in [-0.2, 0) is 11.2 Å². The van der Waals surface area contributed by atoms with Crippen molar-refractivity contribution < 1.29 is 9.21 Å². The van der Waals surface area contributed by atoms with E-state index in [2.05, 4.69) is 15.5 Å². The maximum atomic E-state index is 11.8. The van der Waals surface area contributed by atoms with Gasteiger partial charge in [-0.2, -0.15) is 11.3 Å². The molecule has 3 rings (SSSR count). The number of carbonyl (C=O) groups is 1. The van der Waals surface area contributed by atoms with Gasteiger partial charge in [-0.1, -0.05) is 18.2 Å². The lowest BCUT2D eigenvalue weighted by Gasteiger charge is -2.03. The van der Waals surface area contributed by atoms with Crippen LogP contribution < -0.4 is 5.32 Å². The highest BCUT2D eigenvalue weighted by Gasteiger charge is 2.10. The molecule has 0 radical (unpaired) electrons. The third kappa shape index (κ3) is 3.55. The van der Waals surface area contributed by atoms with Crippen LogP contribution in [0.4, 0.5) is 5.69 Å². The Bertz CT molecular complexity index is 708. The maximum Gasteiger partial charge on any atom is 0.248 e. The highest BCUT2D eigenvalue weighted by atomic mass is 32.1. The molecule has 0 atom stereocenters. The predicted octanol–water partition coefficient (Wildman–Crippen LogP) is 3.37. The van der Waals surface area contributed by atoms with Crippen LogP contribution in [0.5, 0.6) is 0 Å². The number of aromatic nitrogens is 2. The first kappa shape index (κ1) is 13.5. The van der Waals surface area contributed by atoms with Crippen LogP contribution >= 0.6 is 11.3 Å². The molecule has 0 fully saturated rings. The largest absolute Gasteiger partial charge is 0.421 e. The zero-order valence-electron chi connectivity index (χ0n) is 11.2. The maximum absolute atomic E-state index is 11.8. The van der Waals surface area contributed by atoms with Gasteiger partial charge in [0.1, 0.15) is 0 Å². The number of rotatable bonds is 5. The first-order valence-corrected chi connectivity index (χ1v) is 7.45. The summed E-state index contributed by atoms with van der Waals surface area (Å²) in [6.45, 7) is 0. The molecule has 0 aliphatic rings. The lowest BCUT2D eigenvalue weighted by atomic mass is 10.2. The summed E-state index contributed by atoms with van der Waals surface area (Å²) in [6.07, 6.45) is 0.732. The number of benzene rings is 1. The monoisotopic (exact) mass is 299 g/mol. The number of anilines is 1. The van der Waals surface area contributed by atoms with Crippen LogP contribution in [0.1, 0.15) is 12.3 Å². The van der Waals surface area contributed by atoms with Gasteiger partial charge in [0.15, 0.2) is 0 Å². The van der Waals surface area contributed by atoms with Gasteiger partial charge < -0.3 is 9.73 Å². The van der Waals surface area contributed by atoms with Crippen molar-refractivity contribution in [3.8, 4) is 11.5 Å². The third-order valence-corrected chi connectivity index (χ3v) is 3.54. The SMILES string of the molecule is O=C(CCc1nnc(-c2ccsc2)o1)Nc1ccccc1. The van der Waals surface area contributed by atoms with Crippen LogP contribution in [0.15, 0.2) is 51.6 Å². The molecule has 1 aromatic carbocycles. The molecule has 106 valence electrons. The summed E-state index contributed by atoms with van der Waals surface area (Å²) >= 11 is 1.57. The first-order valence-electron chi connectivity index (χ1n) is 6.51. The second-order valence-electron chi connectivity index (χ2n) is 4.43. The molecule has 0 unspecified atom stereocenters. The Labute approximate surface area is 125 Å². The van der Waals surface area contributed by atoms with Crippen molar-refractivity contribution in [3.05, 3.63) is 53.0 Å². The van der Waals surface area contributed by atoms with Crippen molar-refractivity contribution in [2.24, 2.45) is 0 Å². The molecular weight excluding hydrogens is 286 g/mol. The van der Waals surface area contributed by atoms with Crippen LogP contribution in [0.2, 0.25) is 0 Å². The summed E-state index contributed by atoms with van der Waals surface area (Å²) < 4.78 is 5.53. The quantitative estimate of drug-likeness (QED) is 0.784. The average molecular weight is 299 g/mol. The summed E-state index contributed by atoms with van der Waals surface area (Å²) in [5, 5.41) is 14.7. The second kappa shape index (κ2) is 6.32. The lowest BCUT2D eigenvalue weighted by molar-refractivity contribution is -0.116. The van der Waals surface area contributed by atoms with Crippen molar-refractivity contribution in [2.75, 3.05) is 5.32 Å². The number of thiophene rings is 1. The summed E-state index contributed by atoms with van der Waals surface area (Å²) in [4.78, 5) is 11.8. The number of para-hydroxylation sites is 1. The van der Waals surface area contributed by atoms with E-state index in [9.17, 15) is 4.79 Å². The fraction of sp³-hybridized carbons (Fsp3) is 0.133. The lowest BCUT2D eigenvalue weighted by Crippen LogP contribution is -2.12. The Hall–Kier alpha value is -2.47. The number of hydrogen-bond acceptors (Lipinski definition) is 5. The Morgan fingerprint density at radius 2 is 2.05 bits per heavy atom. The van der Waals surface area contributed by atoms with E-state index in [0.29, 0.717) is 24.6 Å². The van der Waals surface area contributed by atoms with Gasteiger partial charge in [-0.15, -0.1) is 10.2 Å². The molecule has 21 heavy (non-hydrogen) atoms. The topological polar surface area (TPSA) is 68.0 Å². The molecule has 0 saturated carbocycles. The van der Waals surface area contributed by atoms with Crippen molar-refractivity contribution >= 4 is 22.9 Å². The fourth-order valence-electron chi connectivity index (χ4n) is 1.82. The van der Waals surface area contributed by atoms with E-state index in [4.69, 9.17) is 4.42 Å². The molecule has 2 aromatic heterocycles. The van der Waals surface area contributed by atoms with Crippen molar-refractivity contribution in [3.63, 3.8) is 0 Å². The van der Waals surface area contributed by atoms with Crippen LogP contribution in [0, 0.1) is 0 Å². The molecule has 2 heterocycles. The zero-order valence-corrected chi connectivity index (χ0v) is 12.0. The zero-order chi connectivity index (χ0) is 14.5. The molecule has 0 spiro atoms. The van der Waals surface area contributed by atoms with Gasteiger partial charge in [0.25, 0.3) is 0 Å². The first-order chi connectivity index (χ1) is 10.3. The summed E-state index contributed by atoms with van der Waals surface area (Å²) in [7, 11) is 0. The van der Waals surface area contributed by atoms with E-state index in [-0.39, 0.29) is 5.91 Å². The molecule has 0 saturated heterocycles. The Morgan fingerprint density at radius 1 is 1.19 bits per heavy atom. The van der Waals surface area contributed by atoms with E-state index < -0.39 is 0 Å². The summed E-state index contributed by atoms with van der Waals surface area (Å²) in [5.74, 6) is 0.894. The Morgan fingerprint density at radius 3 is 2.81 bits per heavy atom. The molecule has 6 heteroatoms. The molecular formula is C15H13N3O2S. The molecule has 0 aliphatic carbocycles. The molecule has 1 amide bonds. The van der Waals surface area contributed by atoms with E-state index in [1.165, 1.54) is 0 Å². The van der Waals surface area contributed by atoms with Gasteiger partial charge in [0.2, 0.25) is 17.7 Å². The van der Waals surface area contributed by atoms with Crippen molar-refractivity contribution in [1.82, 2.24) is 10.2 Å². The number of nitrogens with one attached hydrogen (secondary N) is 1. The fourth-order valence-corrected chi connectivity index (χ4v) is 2.45. The normalized spacial score (nSPS) is 10.5. The van der Waals surface area contributed by atoms with Crippen LogP contribution in [0.3, 0.4) is 0 Å². The third-order valence-electron chi connectivity index (χ3n) is 2.86. The highest BCUT2D eigenvalue weighted by Crippen LogP contribution is 2.20. The average Bonchev–Trinajstić information content (AvgIpc) is 3.17. The van der Waals surface area contributed by atoms with Crippen molar-refractivity contribution in [2.45, 2.75) is 12.8 Å². The predicted molar refractivity (Wildman–Crippen MR) is 81.0 cm³/mol. The standard InChI is InChI=1S/C15H13N3O2S/c19-13(16-12-4-2-1-3-5-12)6-7-14-17-18-15(20-14)11-8-9-21-10-11/h1-5,8-10H,6-7H2,(H,16,19). The summed E-state index contributed by atoms with van der Waals surface area (Å²) in [5.41, 5.74) is 1.69. The Kier molecular flexibility index (Phi) is 4.07. The van der Waals surface area contributed by atoms with E-state index in [1.54, 1.807) is 11.3 Å². The number of carbonyl (C=O) groups excluding carboxylic acids is 1. The van der Waals surface area contributed by atoms with Gasteiger partial charge in [0, 0.05) is 29.5 Å². The smallest absolute Gasteiger partial charge is 0.248 e. The summed E-state index contributed by atoms with van der Waals surface area (Å²) in [6, 6.07) is 11.3. The van der Waals surface area contributed by atoms with Crippen LogP contribution in [0.25, 0.3) is 11.5 Å². The van der Waals surface area contributed by atoms with Gasteiger partial charge in [-0.05, 0) is 23.6 Å². The van der Waals surface area contributed by atoms with Gasteiger partial charge in [-0.25, -0.2) is 0 Å². The number of amides is 1. The molecule has 3 aromatic rings. The van der Waals surface area contributed by atoms with Gasteiger partial charge in [0.05, 0.1) is 0 Å². The molecule has 5 nitrogen and oxygen atoms in total. The van der Waals surface area contributed by atoms with Crippen molar-refractivity contribution in [1.29, 1.82) is 0 Å². The minimum Gasteiger partial charge on any atom is -0.421 e. The minimum atomic E-state index is -0.0727. The molecule has 1 N–H and O–H groups in total. The number of hydrogen-bond donors (Lipinski definition) is 1. The van der Waals surface area contributed by atoms with Crippen LogP contribution in [-0.4, -0.2) is 16.1 Å². The number of aryl methyl sites for hydroxylation is 1. The van der Waals surface area contributed by atoms with Gasteiger partial charge in [-0.3, -0.25) is 4.79 Å². The second-order valence-corrected chi connectivity index (χ2v) is 5.21. The minimum absolute atomic E-state index is 0.0727.